The van der Waals surface area contributed by atoms with Gasteiger partial charge in [-0.25, -0.2) is 0 Å². The second-order valence-electron chi connectivity index (χ2n) is 6.56. The second kappa shape index (κ2) is 11.9. The van der Waals surface area contributed by atoms with Gasteiger partial charge in [0.2, 0.25) is 0 Å². The van der Waals surface area contributed by atoms with E-state index in [0.29, 0.717) is 12.8 Å². The van der Waals surface area contributed by atoms with Gasteiger partial charge in [-0.2, -0.15) is 5.26 Å². The molecule has 0 aliphatic rings. The van der Waals surface area contributed by atoms with Crippen LogP contribution in [0.25, 0.3) is 0 Å². The van der Waals surface area contributed by atoms with Gasteiger partial charge in [0.1, 0.15) is 0 Å². The number of hydrogen-bond donors (Lipinski definition) is 0. The Bertz CT molecular complexity index is 428. The minimum Gasteiger partial charge on any atom is -0.466 e. The van der Waals surface area contributed by atoms with E-state index in [0.717, 1.165) is 25.7 Å². The first-order valence-electron chi connectivity index (χ1n) is 9.14. The summed E-state index contributed by atoms with van der Waals surface area (Å²) < 4.78 is 10.3. The molecular formula is C19H33NO4. The van der Waals surface area contributed by atoms with E-state index >= 15 is 0 Å². The summed E-state index contributed by atoms with van der Waals surface area (Å²) in [6, 6.07) is 2.14. The van der Waals surface area contributed by atoms with E-state index in [2.05, 4.69) is 13.0 Å². The fraction of sp³-hybridized carbons (Fsp3) is 0.842. The van der Waals surface area contributed by atoms with Crippen molar-refractivity contribution in [2.75, 3.05) is 13.2 Å². The van der Waals surface area contributed by atoms with E-state index in [9.17, 15) is 14.9 Å². The first kappa shape index (κ1) is 22.4. The van der Waals surface area contributed by atoms with Crippen molar-refractivity contribution in [3.63, 3.8) is 0 Å². The number of unbranched alkanes of at least 4 members (excludes halogenated alkanes) is 3. The van der Waals surface area contributed by atoms with Gasteiger partial charge in [-0.3, -0.25) is 9.59 Å². The van der Waals surface area contributed by atoms with Crippen molar-refractivity contribution >= 4 is 11.9 Å². The fourth-order valence-corrected chi connectivity index (χ4v) is 3.02. The number of nitrogens with zero attached hydrogens (tertiary/aromatic N) is 1. The minimum atomic E-state index is -1.47. The molecule has 24 heavy (non-hydrogen) atoms. The first-order valence-corrected chi connectivity index (χ1v) is 9.14. The normalized spacial score (nSPS) is 14.5. The molecule has 0 heterocycles. The van der Waals surface area contributed by atoms with Gasteiger partial charge >= 0.3 is 11.9 Å². The smallest absolute Gasteiger partial charge is 0.327 e. The van der Waals surface area contributed by atoms with Crippen molar-refractivity contribution in [1.82, 2.24) is 0 Å². The van der Waals surface area contributed by atoms with Crippen LogP contribution in [0.4, 0.5) is 0 Å². The average molecular weight is 339 g/mol. The molecule has 0 aromatic heterocycles. The zero-order valence-electron chi connectivity index (χ0n) is 15.9. The van der Waals surface area contributed by atoms with E-state index in [1.807, 2.05) is 13.8 Å². The quantitative estimate of drug-likeness (QED) is 0.392. The third-order valence-electron chi connectivity index (χ3n) is 4.08. The van der Waals surface area contributed by atoms with Gasteiger partial charge in [-0.1, -0.05) is 46.5 Å². The summed E-state index contributed by atoms with van der Waals surface area (Å²) in [5, 5.41) is 9.85. The Morgan fingerprint density at radius 2 is 1.67 bits per heavy atom. The van der Waals surface area contributed by atoms with Gasteiger partial charge < -0.3 is 9.47 Å². The number of nitriles is 1. The Labute approximate surface area is 146 Å². The molecule has 0 aliphatic carbocycles. The van der Waals surface area contributed by atoms with Crippen molar-refractivity contribution in [1.29, 1.82) is 5.26 Å². The molecular weight excluding hydrogens is 306 g/mol. The minimum absolute atomic E-state index is 0.0848. The molecule has 0 radical (unpaired) electrons. The van der Waals surface area contributed by atoms with Crippen LogP contribution in [-0.2, 0) is 19.1 Å². The third kappa shape index (κ3) is 6.51. The highest BCUT2D eigenvalue weighted by atomic mass is 16.5. The molecule has 0 aromatic rings. The third-order valence-corrected chi connectivity index (χ3v) is 4.08. The predicted molar refractivity (Wildman–Crippen MR) is 93.0 cm³/mol. The van der Waals surface area contributed by atoms with Crippen LogP contribution in [0.1, 0.15) is 73.1 Å². The molecule has 0 saturated heterocycles. The summed E-state index contributed by atoms with van der Waals surface area (Å²) >= 11 is 0. The molecule has 5 heteroatoms. The lowest BCUT2D eigenvalue weighted by Gasteiger charge is -2.32. The lowest BCUT2D eigenvalue weighted by atomic mass is 9.69. The topological polar surface area (TPSA) is 76.4 Å². The van der Waals surface area contributed by atoms with Crippen molar-refractivity contribution in [2.24, 2.45) is 17.3 Å². The molecule has 0 fully saturated rings. The number of rotatable bonds is 12. The lowest BCUT2D eigenvalue weighted by Crippen LogP contribution is -2.44. The van der Waals surface area contributed by atoms with Gasteiger partial charge in [0.05, 0.1) is 25.2 Å². The summed E-state index contributed by atoms with van der Waals surface area (Å²) in [5.41, 5.74) is -1.47. The highest BCUT2D eigenvalue weighted by molar-refractivity contribution is 5.88. The predicted octanol–water partition coefficient (Wildman–Crippen LogP) is 4.26. The molecule has 0 aliphatic heterocycles. The van der Waals surface area contributed by atoms with E-state index in [4.69, 9.17) is 9.47 Å². The van der Waals surface area contributed by atoms with Crippen molar-refractivity contribution in [3.05, 3.63) is 0 Å². The van der Waals surface area contributed by atoms with Crippen LogP contribution < -0.4 is 0 Å². The number of carbonyl (C=O) groups excluding carboxylic acids is 2. The first-order chi connectivity index (χ1) is 11.4. The molecule has 0 amide bonds. The Balaban J connectivity index is 5.62. The molecule has 5 nitrogen and oxygen atoms in total. The Morgan fingerprint density at radius 1 is 1.04 bits per heavy atom. The van der Waals surface area contributed by atoms with Gasteiger partial charge in [-0.05, 0) is 32.6 Å². The molecule has 0 saturated carbocycles. The SMILES string of the molecule is CCCCCCC(C(=O)OCC)C(C#N)(CC(C)C)C(=O)OCC. The van der Waals surface area contributed by atoms with E-state index in [1.54, 1.807) is 13.8 Å². The molecule has 0 bridgehead atoms. The zero-order valence-corrected chi connectivity index (χ0v) is 15.9. The van der Waals surface area contributed by atoms with E-state index in [1.165, 1.54) is 0 Å². The van der Waals surface area contributed by atoms with Crippen LogP contribution in [0.5, 0.6) is 0 Å². The number of esters is 2. The number of ether oxygens (including phenoxy) is 2. The molecule has 2 unspecified atom stereocenters. The molecule has 0 N–H and O–H groups in total. The van der Waals surface area contributed by atoms with Crippen LogP contribution in [0.3, 0.4) is 0 Å². The maximum absolute atomic E-state index is 12.6. The maximum Gasteiger partial charge on any atom is 0.327 e. The standard InChI is InChI=1S/C19H33NO4/c1-6-9-10-11-12-16(17(21)23-7-2)19(14-20,13-15(4)5)18(22)24-8-3/h15-16H,6-13H2,1-5H3. The summed E-state index contributed by atoms with van der Waals surface area (Å²) in [6.07, 6.45) is 4.67. The number of carbonyl (C=O) groups is 2. The Morgan fingerprint density at radius 3 is 2.12 bits per heavy atom. The molecule has 0 aromatic carbocycles. The maximum atomic E-state index is 12.6. The second-order valence-corrected chi connectivity index (χ2v) is 6.56. The Kier molecular flexibility index (Phi) is 11.1. The van der Waals surface area contributed by atoms with Crippen molar-refractivity contribution in [3.8, 4) is 6.07 Å². The van der Waals surface area contributed by atoms with Crippen LogP contribution in [0.2, 0.25) is 0 Å². The average Bonchev–Trinajstić information content (AvgIpc) is 2.53. The summed E-state index contributed by atoms with van der Waals surface area (Å²) in [7, 11) is 0. The lowest BCUT2D eigenvalue weighted by molar-refractivity contribution is -0.166. The number of hydrogen-bond acceptors (Lipinski definition) is 5. The van der Waals surface area contributed by atoms with Crippen molar-refractivity contribution < 1.29 is 19.1 Å². The molecule has 2 atom stereocenters. The summed E-state index contributed by atoms with van der Waals surface area (Å²) in [6.45, 7) is 9.83. The van der Waals surface area contributed by atoms with Gasteiger partial charge in [-0.15, -0.1) is 0 Å². The van der Waals surface area contributed by atoms with Crippen LogP contribution in [0, 0.1) is 28.6 Å². The van der Waals surface area contributed by atoms with Gasteiger partial charge in [0.25, 0.3) is 0 Å². The zero-order chi connectivity index (χ0) is 18.6. The van der Waals surface area contributed by atoms with Crippen molar-refractivity contribution in [2.45, 2.75) is 73.1 Å². The van der Waals surface area contributed by atoms with Crippen LogP contribution >= 0.6 is 0 Å². The highest BCUT2D eigenvalue weighted by Gasteiger charge is 2.51. The largest absolute Gasteiger partial charge is 0.466 e. The highest BCUT2D eigenvalue weighted by Crippen LogP contribution is 2.40. The van der Waals surface area contributed by atoms with E-state index < -0.39 is 23.3 Å². The fourth-order valence-electron chi connectivity index (χ4n) is 3.02. The van der Waals surface area contributed by atoms with E-state index in [-0.39, 0.29) is 19.1 Å². The summed E-state index contributed by atoms with van der Waals surface area (Å²) in [4.78, 5) is 25.1. The molecule has 0 rings (SSSR count). The molecule has 0 spiro atoms. The monoisotopic (exact) mass is 339 g/mol. The van der Waals surface area contributed by atoms with Crippen LogP contribution in [0.15, 0.2) is 0 Å². The Hall–Kier alpha value is -1.57. The van der Waals surface area contributed by atoms with Crippen LogP contribution in [-0.4, -0.2) is 25.2 Å². The van der Waals surface area contributed by atoms with Gasteiger partial charge in [0, 0.05) is 0 Å². The molecule has 138 valence electrons. The van der Waals surface area contributed by atoms with Gasteiger partial charge in [0.15, 0.2) is 5.41 Å². The summed E-state index contributed by atoms with van der Waals surface area (Å²) in [5.74, 6) is -1.76.